The molecule has 0 fully saturated rings. The van der Waals surface area contributed by atoms with Crippen LogP contribution in [0.25, 0.3) is 16.6 Å². The van der Waals surface area contributed by atoms with E-state index in [-0.39, 0.29) is 11.4 Å². The zero-order valence-corrected chi connectivity index (χ0v) is 21.4. The fourth-order valence-electron chi connectivity index (χ4n) is 4.22. The molecule has 0 spiro atoms. The number of sulfonamides is 1. The summed E-state index contributed by atoms with van der Waals surface area (Å²) in [5.41, 5.74) is 8.42. The number of nitrogens with zero attached hydrogens (tertiary/aromatic N) is 1. The first kappa shape index (κ1) is 26.9. The Hall–Kier alpha value is -4.19. The van der Waals surface area contributed by atoms with Gasteiger partial charge >= 0.3 is 6.36 Å². The quantitative estimate of drug-likeness (QED) is 0.317. The Morgan fingerprint density at radius 1 is 1.00 bits per heavy atom. The first-order chi connectivity index (χ1) is 17.7. The highest BCUT2D eigenvalue weighted by Gasteiger charge is 2.31. The number of nitrogens with two attached hydrogens (primary N) is 1. The van der Waals surface area contributed by atoms with Crippen LogP contribution in [0.15, 0.2) is 66.7 Å². The number of hydrogen-bond acceptors (Lipinski definition) is 5. The van der Waals surface area contributed by atoms with E-state index in [9.17, 15) is 26.4 Å². The summed E-state index contributed by atoms with van der Waals surface area (Å²) < 4.78 is 75.3. The third-order valence-electron chi connectivity index (χ3n) is 5.86. The molecule has 0 aliphatic heterocycles. The highest BCUT2D eigenvalue weighted by atomic mass is 32.2. The van der Waals surface area contributed by atoms with E-state index in [1.807, 2.05) is 6.92 Å². The van der Waals surface area contributed by atoms with Crippen molar-refractivity contribution in [3.8, 4) is 17.2 Å². The van der Waals surface area contributed by atoms with Gasteiger partial charge in [0, 0.05) is 23.1 Å². The number of ether oxygens (including phenoxy) is 2. The van der Waals surface area contributed by atoms with Crippen LogP contribution in [0.5, 0.6) is 11.5 Å². The number of halogens is 3. The summed E-state index contributed by atoms with van der Waals surface area (Å²) in [6.45, 7) is 1.81. The lowest BCUT2D eigenvalue weighted by atomic mass is 9.92. The van der Waals surface area contributed by atoms with Gasteiger partial charge in [0.25, 0.3) is 5.91 Å². The van der Waals surface area contributed by atoms with Crippen LogP contribution in [0.1, 0.15) is 34.5 Å². The molecule has 1 aromatic heterocycles. The number of amides is 1. The van der Waals surface area contributed by atoms with Gasteiger partial charge in [-0.3, -0.25) is 9.52 Å². The molecule has 0 aliphatic carbocycles. The van der Waals surface area contributed by atoms with Crippen molar-refractivity contribution >= 4 is 32.5 Å². The number of nitrogens with one attached hydrogen (secondary N) is 1. The van der Waals surface area contributed by atoms with E-state index < -0.39 is 34.0 Å². The molecule has 4 aromatic rings. The fourth-order valence-corrected chi connectivity index (χ4v) is 4.77. The minimum Gasteiger partial charge on any atom is -0.497 e. The average Bonchev–Trinajstić information content (AvgIpc) is 3.20. The van der Waals surface area contributed by atoms with Crippen molar-refractivity contribution < 1.29 is 35.9 Å². The Kier molecular flexibility index (Phi) is 7.02. The van der Waals surface area contributed by atoms with Crippen molar-refractivity contribution in [1.82, 2.24) is 4.57 Å². The second kappa shape index (κ2) is 9.93. The monoisotopic (exact) mass is 547 g/mol. The zero-order valence-electron chi connectivity index (χ0n) is 20.5. The van der Waals surface area contributed by atoms with Crippen LogP contribution in [0.3, 0.4) is 0 Å². The van der Waals surface area contributed by atoms with E-state index in [0.717, 1.165) is 17.9 Å². The van der Waals surface area contributed by atoms with Crippen molar-refractivity contribution in [3.05, 3.63) is 83.6 Å². The Labute approximate surface area is 216 Å². The van der Waals surface area contributed by atoms with Crippen molar-refractivity contribution in [2.75, 3.05) is 18.1 Å². The second-order valence-corrected chi connectivity index (χ2v) is 10.4. The van der Waals surface area contributed by atoms with Gasteiger partial charge in [-0.25, -0.2) is 8.42 Å². The summed E-state index contributed by atoms with van der Waals surface area (Å²) in [6, 6.07) is 17.5. The lowest BCUT2D eigenvalue weighted by molar-refractivity contribution is -0.274. The molecule has 3 aromatic carbocycles. The van der Waals surface area contributed by atoms with Gasteiger partial charge in [-0.2, -0.15) is 0 Å². The minimum absolute atomic E-state index is 0.170. The topological polar surface area (TPSA) is 113 Å². The van der Waals surface area contributed by atoms with Crippen molar-refractivity contribution in [1.29, 1.82) is 0 Å². The van der Waals surface area contributed by atoms with Crippen LogP contribution in [-0.4, -0.2) is 38.6 Å². The maximum absolute atomic E-state index is 12.9. The van der Waals surface area contributed by atoms with Crippen molar-refractivity contribution in [2.45, 2.75) is 19.2 Å². The molecule has 8 nitrogen and oxygen atoms in total. The van der Waals surface area contributed by atoms with Gasteiger partial charge in [0.1, 0.15) is 17.2 Å². The van der Waals surface area contributed by atoms with Crippen LogP contribution >= 0.6 is 0 Å². The molecule has 1 heterocycles. The van der Waals surface area contributed by atoms with E-state index in [4.69, 9.17) is 10.5 Å². The molecule has 1 amide bonds. The summed E-state index contributed by atoms with van der Waals surface area (Å²) in [5, 5.41) is 0.651. The van der Waals surface area contributed by atoms with Gasteiger partial charge in [-0.1, -0.05) is 25.1 Å². The highest BCUT2D eigenvalue weighted by molar-refractivity contribution is 7.92. The molecule has 1 atom stereocenters. The third kappa shape index (κ3) is 6.02. The van der Waals surface area contributed by atoms with E-state index in [1.165, 1.54) is 13.2 Å². The normalized spacial score (nSPS) is 12.8. The number of methoxy groups -OCH3 is 1. The minimum atomic E-state index is -4.86. The molecular formula is C26H24F3N3O5S. The zero-order chi connectivity index (χ0) is 27.8. The number of benzene rings is 3. The predicted octanol–water partition coefficient (Wildman–Crippen LogP) is 5.16. The Balaban J connectivity index is 1.82. The van der Waals surface area contributed by atoms with Crippen LogP contribution in [0.4, 0.5) is 18.9 Å². The van der Waals surface area contributed by atoms with Crippen LogP contribution < -0.4 is 19.9 Å². The van der Waals surface area contributed by atoms with Crippen LogP contribution in [-0.2, 0) is 10.0 Å². The molecule has 0 aliphatic rings. The third-order valence-corrected chi connectivity index (χ3v) is 6.47. The molecule has 12 heteroatoms. The molecule has 3 N–H and O–H groups in total. The van der Waals surface area contributed by atoms with Gasteiger partial charge in [-0.05, 0) is 53.6 Å². The number of anilines is 1. The average molecular weight is 548 g/mol. The smallest absolute Gasteiger partial charge is 0.497 e. The van der Waals surface area contributed by atoms with Crippen LogP contribution in [0.2, 0.25) is 0 Å². The first-order valence-corrected chi connectivity index (χ1v) is 13.1. The van der Waals surface area contributed by atoms with E-state index in [2.05, 4.69) is 9.46 Å². The molecule has 200 valence electrons. The number of rotatable bonds is 8. The maximum atomic E-state index is 12.9. The fraction of sp³-hybridized carbons (Fsp3) is 0.192. The Morgan fingerprint density at radius 3 is 2.34 bits per heavy atom. The number of primary amides is 1. The lowest BCUT2D eigenvalue weighted by Gasteiger charge is -2.18. The number of fused-ring (bicyclic) bond motifs is 1. The number of aromatic nitrogens is 1. The second-order valence-electron chi connectivity index (χ2n) is 8.68. The Bertz CT molecular complexity index is 1630. The molecule has 0 saturated heterocycles. The van der Waals surface area contributed by atoms with E-state index in [0.29, 0.717) is 27.8 Å². The molecule has 1 unspecified atom stereocenters. The van der Waals surface area contributed by atoms with E-state index >= 15 is 0 Å². The molecule has 0 radical (unpaired) electrons. The number of carbonyl (C=O) groups excluding carboxylic acids is 1. The number of carbonyl (C=O) groups is 1. The van der Waals surface area contributed by atoms with Gasteiger partial charge in [0.05, 0.1) is 24.6 Å². The summed E-state index contributed by atoms with van der Waals surface area (Å²) in [5.74, 6) is -1.31. The first-order valence-electron chi connectivity index (χ1n) is 11.2. The van der Waals surface area contributed by atoms with Gasteiger partial charge < -0.3 is 19.8 Å². The molecule has 4 rings (SSSR count). The lowest BCUT2D eigenvalue weighted by Crippen LogP contribution is -2.17. The molecular weight excluding hydrogens is 523 g/mol. The predicted molar refractivity (Wildman–Crippen MR) is 137 cm³/mol. The number of alkyl halides is 3. The Morgan fingerprint density at radius 2 is 1.71 bits per heavy atom. The highest BCUT2D eigenvalue weighted by Crippen LogP contribution is 2.35. The van der Waals surface area contributed by atoms with Gasteiger partial charge in [0.15, 0.2) is 0 Å². The molecule has 38 heavy (non-hydrogen) atoms. The summed E-state index contributed by atoms with van der Waals surface area (Å²) in [7, 11) is -2.20. The molecule has 0 bridgehead atoms. The van der Waals surface area contributed by atoms with Crippen LogP contribution in [0, 0.1) is 0 Å². The molecule has 0 saturated carbocycles. The largest absolute Gasteiger partial charge is 0.573 e. The summed E-state index contributed by atoms with van der Waals surface area (Å²) in [6.07, 6.45) is -3.84. The van der Waals surface area contributed by atoms with Crippen molar-refractivity contribution in [2.24, 2.45) is 5.73 Å². The SMILES string of the molecule is COc1cc(OC(F)(F)F)cc(C(C)c2cccc(-n3c(C(N)=O)cc4ccc(NS(C)(=O)=O)cc43)c2)c1. The van der Waals surface area contributed by atoms with E-state index in [1.54, 1.807) is 59.2 Å². The maximum Gasteiger partial charge on any atom is 0.573 e. The summed E-state index contributed by atoms with van der Waals surface area (Å²) >= 11 is 0. The standard InChI is InChI=1S/C26H24F3N3O5S/c1-15(18-10-21(36-2)14-22(11-18)37-26(27,28)29)16-5-4-6-20(9-16)32-23-13-19(31-38(3,34)35)8-7-17(23)12-24(32)25(30)33/h4-15,31H,1-3H3,(H2,30,33). The van der Waals surface area contributed by atoms with Gasteiger partial charge in [-0.15, -0.1) is 13.2 Å². The summed E-state index contributed by atoms with van der Waals surface area (Å²) in [4.78, 5) is 12.3. The van der Waals surface area contributed by atoms with Gasteiger partial charge in [0.2, 0.25) is 10.0 Å². The number of hydrogen-bond donors (Lipinski definition) is 2. The van der Waals surface area contributed by atoms with Crippen molar-refractivity contribution in [3.63, 3.8) is 0 Å².